The molecule has 0 radical (unpaired) electrons. The summed E-state index contributed by atoms with van der Waals surface area (Å²) in [4.78, 5) is 5.32. The molecule has 0 unspecified atom stereocenters. The molecule has 2 aromatic heterocycles. The van der Waals surface area contributed by atoms with Crippen LogP contribution in [0.1, 0.15) is 11.1 Å². The highest BCUT2D eigenvalue weighted by Gasteiger charge is 2.30. The third-order valence-corrected chi connectivity index (χ3v) is 7.06. The van der Waals surface area contributed by atoms with E-state index >= 15 is 0 Å². The first-order valence-corrected chi connectivity index (χ1v) is 11.8. The van der Waals surface area contributed by atoms with E-state index in [1.165, 1.54) is 30.3 Å². The molecule has 4 nitrogen and oxygen atoms in total. The number of alkyl halides is 3. The Balaban J connectivity index is 1.49. The van der Waals surface area contributed by atoms with E-state index in [1.807, 2.05) is 23.6 Å². The second kappa shape index (κ2) is 8.85. The second-order valence-electron chi connectivity index (χ2n) is 6.95. The van der Waals surface area contributed by atoms with Gasteiger partial charge < -0.3 is 0 Å². The Bertz CT molecular complexity index is 1320. The maximum atomic E-state index is 12.9. The predicted molar refractivity (Wildman–Crippen MR) is 118 cm³/mol. The normalized spacial score (nSPS) is 12.1. The molecule has 0 saturated carbocycles. The molecule has 0 saturated heterocycles. The fraction of sp³-hybridized carbons (Fsp3) is 0.0870. The van der Waals surface area contributed by atoms with Crippen LogP contribution in [0.2, 0.25) is 0 Å². The smallest absolute Gasteiger partial charge is 0.255 e. The van der Waals surface area contributed by atoms with Gasteiger partial charge in [-0.2, -0.15) is 13.2 Å². The Kier molecular flexibility index (Phi) is 6.14. The zero-order chi connectivity index (χ0) is 22.8. The number of rotatable bonds is 6. The molecule has 4 aromatic rings. The summed E-state index contributed by atoms with van der Waals surface area (Å²) in [5.41, 5.74) is 1.61. The second-order valence-corrected chi connectivity index (χ2v) is 9.67. The molecule has 2 aromatic carbocycles. The maximum absolute atomic E-state index is 12.9. The van der Waals surface area contributed by atoms with Crippen LogP contribution in [0.3, 0.4) is 0 Å². The lowest BCUT2D eigenvalue weighted by Crippen LogP contribution is -2.23. The highest BCUT2D eigenvalue weighted by atomic mass is 32.2. The van der Waals surface area contributed by atoms with Gasteiger partial charge in [-0.05, 0) is 64.5 Å². The summed E-state index contributed by atoms with van der Waals surface area (Å²) in [6.45, 7) is 0.0820. The molecule has 0 aliphatic rings. The van der Waals surface area contributed by atoms with E-state index in [0.717, 1.165) is 28.3 Å². The highest BCUT2D eigenvalue weighted by Crippen LogP contribution is 2.32. The summed E-state index contributed by atoms with van der Waals surface area (Å²) in [5, 5.41) is 1.94. The van der Waals surface area contributed by atoms with Crippen LogP contribution in [-0.2, 0) is 22.7 Å². The number of hydrogen-bond acceptors (Lipinski definition) is 4. The predicted octanol–water partition coefficient (Wildman–Crippen LogP) is 5.97. The van der Waals surface area contributed by atoms with E-state index in [0.29, 0.717) is 11.1 Å². The molecular formula is C23H17F3N2O2S2. The van der Waals surface area contributed by atoms with Crippen LogP contribution in [0, 0.1) is 0 Å². The van der Waals surface area contributed by atoms with Gasteiger partial charge in [0, 0.05) is 12.7 Å². The Hall–Kier alpha value is -3.01. The lowest BCUT2D eigenvalue weighted by Gasteiger charge is -2.10. The van der Waals surface area contributed by atoms with E-state index in [4.69, 9.17) is 0 Å². The van der Waals surface area contributed by atoms with Crippen LogP contribution in [0.15, 0.2) is 89.3 Å². The molecule has 4 rings (SSSR count). The number of thiophene rings is 1. The molecule has 0 aliphatic carbocycles. The van der Waals surface area contributed by atoms with E-state index < -0.39 is 21.8 Å². The van der Waals surface area contributed by atoms with Crippen LogP contribution >= 0.6 is 11.3 Å². The largest absolute Gasteiger partial charge is 0.416 e. The van der Waals surface area contributed by atoms with Gasteiger partial charge in [-0.3, -0.25) is 4.98 Å². The van der Waals surface area contributed by atoms with Gasteiger partial charge >= 0.3 is 6.18 Å². The minimum absolute atomic E-state index is 0.0285. The van der Waals surface area contributed by atoms with Crippen molar-refractivity contribution < 1.29 is 21.6 Å². The first-order valence-electron chi connectivity index (χ1n) is 9.48. The summed E-state index contributed by atoms with van der Waals surface area (Å²) in [6.07, 6.45) is -2.82. The van der Waals surface area contributed by atoms with Crippen LogP contribution < -0.4 is 4.72 Å². The van der Waals surface area contributed by atoms with Gasteiger partial charge in [-0.1, -0.05) is 30.3 Å². The van der Waals surface area contributed by atoms with E-state index in [1.54, 1.807) is 29.7 Å². The Morgan fingerprint density at radius 1 is 0.906 bits per heavy atom. The molecule has 0 bridgehead atoms. The fourth-order valence-corrected chi connectivity index (χ4v) is 4.82. The van der Waals surface area contributed by atoms with Crippen molar-refractivity contribution in [2.24, 2.45) is 0 Å². The number of sulfonamides is 1. The van der Waals surface area contributed by atoms with Crippen molar-refractivity contribution in [3.05, 3.63) is 95.5 Å². The Morgan fingerprint density at radius 3 is 2.38 bits per heavy atom. The zero-order valence-electron chi connectivity index (χ0n) is 16.5. The molecule has 0 spiro atoms. The topological polar surface area (TPSA) is 59.1 Å². The average Bonchev–Trinajstić information content (AvgIpc) is 3.33. The minimum atomic E-state index is -4.44. The molecule has 1 N–H and O–H groups in total. The van der Waals surface area contributed by atoms with Crippen LogP contribution in [0.5, 0.6) is 0 Å². The molecule has 0 amide bonds. The maximum Gasteiger partial charge on any atom is 0.416 e. The molecule has 164 valence electrons. The highest BCUT2D eigenvalue weighted by molar-refractivity contribution is 7.89. The van der Waals surface area contributed by atoms with Crippen molar-refractivity contribution >= 4 is 21.4 Å². The van der Waals surface area contributed by atoms with Crippen molar-refractivity contribution in [1.29, 1.82) is 0 Å². The summed E-state index contributed by atoms with van der Waals surface area (Å²) < 4.78 is 66.7. The van der Waals surface area contributed by atoms with Crippen molar-refractivity contribution in [2.75, 3.05) is 0 Å². The van der Waals surface area contributed by atoms with Gasteiger partial charge in [0.25, 0.3) is 0 Å². The van der Waals surface area contributed by atoms with Gasteiger partial charge in [-0.25, -0.2) is 13.1 Å². The molecular weight excluding hydrogens is 457 g/mol. The minimum Gasteiger partial charge on any atom is -0.255 e. The Morgan fingerprint density at radius 2 is 1.69 bits per heavy atom. The lowest BCUT2D eigenvalue weighted by atomic mass is 10.0. The van der Waals surface area contributed by atoms with Gasteiger partial charge in [0.05, 0.1) is 21.0 Å². The number of nitrogens with one attached hydrogen (secondary N) is 1. The van der Waals surface area contributed by atoms with E-state index in [9.17, 15) is 21.6 Å². The van der Waals surface area contributed by atoms with Crippen molar-refractivity contribution in [3.8, 4) is 21.7 Å². The summed E-state index contributed by atoms with van der Waals surface area (Å²) in [6, 6.07) is 18.1. The number of pyridine rings is 1. The standard InChI is InChI=1S/C23H17F3N2O2S2/c24-23(25,26)19-4-1-3-18(14-19)17-6-8-20(9-7-17)32(29,30)28-15-16-10-11-27-21(13-16)22-5-2-12-31-22/h1-14,28H,15H2. The monoisotopic (exact) mass is 474 g/mol. The quantitative estimate of drug-likeness (QED) is 0.374. The molecule has 32 heavy (non-hydrogen) atoms. The molecule has 0 aliphatic heterocycles. The fourth-order valence-electron chi connectivity index (χ4n) is 3.11. The summed E-state index contributed by atoms with van der Waals surface area (Å²) in [7, 11) is -3.80. The SMILES string of the molecule is O=S(=O)(NCc1ccnc(-c2cccs2)c1)c1ccc(-c2cccc(C(F)(F)F)c2)cc1. The third-order valence-electron chi connectivity index (χ3n) is 4.75. The van der Waals surface area contributed by atoms with Crippen LogP contribution in [0.25, 0.3) is 21.7 Å². The van der Waals surface area contributed by atoms with Gasteiger partial charge in [-0.15, -0.1) is 11.3 Å². The number of aromatic nitrogens is 1. The van der Waals surface area contributed by atoms with Crippen LogP contribution in [0.4, 0.5) is 13.2 Å². The molecule has 0 atom stereocenters. The lowest BCUT2D eigenvalue weighted by molar-refractivity contribution is -0.137. The first kappa shape index (κ1) is 22.2. The van der Waals surface area contributed by atoms with Crippen molar-refractivity contribution in [1.82, 2.24) is 9.71 Å². The number of nitrogens with zero attached hydrogens (tertiary/aromatic N) is 1. The average molecular weight is 475 g/mol. The summed E-state index contributed by atoms with van der Waals surface area (Å²) in [5.74, 6) is 0. The zero-order valence-corrected chi connectivity index (χ0v) is 18.1. The summed E-state index contributed by atoms with van der Waals surface area (Å²) >= 11 is 1.54. The molecule has 9 heteroatoms. The van der Waals surface area contributed by atoms with Crippen molar-refractivity contribution in [2.45, 2.75) is 17.6 Å². The van der Waals surface area contributed by atoms with Crippen LogP contribution in [-0.4, -0.2) is 13.4 Å². The number of halogens is 3. The van der Waals surface area contributed by atoms with Crippen molar-refractivity contribution in [3.63, 3.8) is 0 Å². The van der Waals surface area contributed by atoms with E-state index in [2.05, 4.69) is 9.71 Å². The number of hydrogen-bond donors (Lipinski definition) is 1. The van der Waals surface area contributed by atoms with Gasteiger partial charge in [0.2, 0.25) is 10.0 Å². The van der Waals surface area contributed by atoms with Gasteiger partial charge in [0.15, 0.2) is 0 Å². The molecule has 2 heterocycles. The number of benzene rings is 2. The molecule has 0 fully saturated rings. The van der Waals surface area contributed by atoms with E-state index in [-0.39, 0.29) is 11.4 Å². The Labute approximate surface area is 187 Å². The first-order chi connectivity index (χ1) is 15.2. The third kappa shape index (κ3) is 5.07. The van der Waals surface area contributed by atoms with Gasteiger partial charge in [0.1, 0.15) is 0 Å².